The van der Waals surface area contributed by atoms with Crippen molar-refractivity contribution >= 4 is 23.6 Å². The van der Waals surface area contributed by atoms with Crippen molar-refractivity contribution in [1.82, 2.24) is 4.90 Å². The first kappa shape index (κ1) is 16.7. The lowest BCUT2D eigenvalue weighted by atomic mass is 10.1. The number of carbonyl (C=O) groups excluding carboxylic acids is 1. The Kier molecular flexibility index (Phi) is 5.90. The summed E-state index contributed by atoms with van der Waals surface area (Å²) in [6.07, 6.45) is 2.08. The fourth-order valence-corrected chi connectivity index (χ4v) is 1.79. The Morgan fingerprint density at radius 1 is 1.33 bits per heavy atom. The van der Waals surface area contributed by atoms with Gasteiger partial charge in [0, 0.05) is 38.0 Å². The van der Waals surface area contributed by atoms with Crippen LogP contribution in [0.4, 0.5) is 10.1 Å². The van der Waals surface area contributed by atoms with E-state index in [1.807, 2.05) is 6.92 Å². The predicted octanol–water partition coefficient (Wildman–Crippen LogP) is 1.84. The minimum absolute atomic E-state index is 0.0981. The van der Waals surface area contributed by atoms with Gasteiger partial charge in [0.15, 0.2) is 0 Å². The summed E-state index contributed by atoms with van der Waals surface area (Å²) in [6.45, 7) is 2.44. The van der Waals surface area contributed by atoms with Crippen molar-refractivity contribution in [2.24, 2.45) is 0 Å². The second-order valence-electron chi connectivity index (χ2n) is 4.65. The van der Waals surface area contributed by atoms with Crippen molar-refractivity contribution in [2.45, 2.75) is 6.92 Å². The normalized spacial score (nSPS) is 10.7. The third kappa shape index (κ3) is 4.59. The minimum Gasteiger partial charge on any atom is -0.478 e. The van der Waals surface area contributed by atoms with Crippen LogP contribution in [-0.2, 0) is 9.59 Å². The Morgan fingerprint density at radius 2 is 2.00 bits per heavy atom. The average Bonchev–Trinajstić information content (AvgIpc) is 2.42. The average molecular weight is 294 g/mol. The van der Waals surface area contributed by atoms with Crippen LogP contribution in [0.2, 0.25) is 0 Å². The highest BCUT2D eigenvalue weighted by Crippen LogP contribution is 2.24. The SMILES string of the molecule is CCN(CC(=O)N(C)C)c1cccc(F)c1/C=C/C(=O)O. The first-order valence-corrected chi connectivity index (χ1v) is 6.51. The zero-order valence-corrected chi connectivity index (χ0v) is 12.3. The second kappa shape index (κ2) is 7.42. The standard InChI is InChI=1S/C15H19FN2O3/c1-4-18(10-14(19)17(2)3)13-7-5-6-12(16)11(13)8-9-15(20)21/h5-9H,4,10H2,1-3H3,(H,20,21)/b9-8+. The largest absolute Gasteiger partial charge is 0.478 e. The minimum atomic E-state index is -1.16. The molecule has 0 fully saturated rings. The first-order chi connectivity index (χ1) is 9.86. The van der Waals surface area contributed by atoms with Gasteiger partial charge in [-0.1, -0.05) is 6.07 Å². The van der Waals surface area contributed by atoms with Gasteiger partial charge in [-0.05, 0) is 25.1 Å². The maximum atomic E-state index is 13.9. The summed E-state index contributed by atoms with van der Waals surface area (Å²) in [7, 11) is 3.29. The van der Waals surface area contributed by atoms with Crippen LogP contribution in [0.1, 0.15) is 12.5 Å². The molecule has 0 saturated carbocycles. The van der Waals surface area contributed by atoms with Gasteiger partial charge in [0.1, 0.15) is 5.82 Å². The van der Waals surface area contributed by atoms with Gasteiger partial charge in [0.2, 0.25) is 5.91 Å². The molecule has 0 aromatic heterocycles. The summed E-state index contributed by atoms with van der Waals surface area (Å²) < 4.78 is 13.9. The monoisotopic (exact) mass is 294 g/mol. The molecule has 1 amide bonds. The van der Waals surface area contributed by atoms with Crippen molar-refractivity contribution in [3.8, 4) is 0 Å². The molecule has 0 atom stereocenters. The van der Waals surface area contributed by atoms with Gasteiger partial charge in [-0.15, -0.1) is 0 Å². The fourth-order valence-electron chi connectivity index (χ4n) is 1.79. The van der Waals surface area contributed by atoms with Crippen LogP contribution in [0.15, 0.2) is 24.3 Å². The quantitative estimate of drug-likeness (QED) is 0.813. The Balaban J connectivity index is 3.17. The van der Waals surface area contributed by atoms with Crippen LogP contribution in [0.5, 0.6) is 0 Å². The summed E-state index contributed by atoms with van der Waals surface area (Å²) in [5, 5.41) is 8.69. The Bertz CT molecular complexity index is 556. The van der Waals surface area contributed by atoms with Crippen molar-refractivity contribution in [3.63, 3.8) is 0 Å². The smallest absolute Gasteiger partial charge is 0.328 e. The van der Waals surface area contributed by atoms with Gasteiger partial charge in [-0.3, -0.25) is 4.79 Å². The predicted molar refractivity (Wildman–Crippen MR) is 79.7 cm³/mol. The lowest BCUT2D eigenvalue weighted by Gasteiger charge is -2.26. The maximum absolute atomic E-state index is 13.9. The maximum Gasteiger partial charge on any atom is 0.328 e. The first-order valence-electron chi connectivity index (χ1n) is 6.51. The molecule has 21 heavy (non-hydrogen) atoms. The van der Waals surface area contributed by atoms with Gasteiger partial charge in [0.05, 0.1) is 6.54 Å². The molecule has 0 unspecified atom stereocenters. The van der Waals surface area contributed by atoms with Gasteiger partial charge in [0.25, 0.3) is 0 Å². The van der Waals surface area contributed by atoms with Crippen molar-refractivity contribution in [3.05, 3.63) is 35.7 Å². The van der Waals surface area contributed by atoms with Crippen LogP contribution >= 0.6 is 0 Å². The van der Waals surface area contributed by atoms with Gasteiger partial charge >= 0.3 is 5.97 Å². The zero-order valence-electron chi connectivity index (χ0n) is 12.3. The number of hydrogen-bond acceptors (Lipinski definition) is 3. The number of carbonyl (C=O) groups is 2. The third-order valence-corrected chi connectivity index (χ3v) is 2.97. The lowest BCUT2D eigenvalue weighted by molar-refractivity contribution is -0.131. The topological polar surface area (TPSA) is 60.9 Å². The molecule has 0 bridgehead atoms. The van der Waals surface area contributed by atoms with E-state index in [0.29, 0.717) is 12.2 Å². The van der Waals surface area contributed by atoms with Crippen LogP contribution in [-0.4, -0.2) is 49.1 Å². The summed E-state index contributed by atoms with van der Waals surface area (Å²) in [5.74, 6) is -1.80. The van der Waals surface area contributed by atoms with E-state index in [-0.39, 0.29) is 18.0 Å². The molecule has 0 saturated heterocycles. The molecule has 0 heterocycles. The van der Waals surface area contributed by atoms with E-state index < -0.39 is 11.8 Å². The number of carboxylic acid groups (broad SMARTS) is 1. The number of amides is 1. The molecule has 114 valence electrons. The number of rotatable bonds is 6. The highest BCUT2D eigenvalue weighted by molar-refractivity contribution is 5.88. The number of aliphatic carboxylic acids is 1. The molecule has 0 aliphatic heterocycles. The number of anilines is 1. The highest BCUT2D eigenvalue weighted by Gasteiger charge is 2.16. The van der Waals surface area contributed by atoms with E-state index in [9.17, 15) is 14.0 Å². The summed E-state index contributed by atoms with van der Waals surface area (Å²) in [4.78, 5) is 25.6. The third-order valence-electron chi connectivity index (χ3n) is 2.97. The number of benzene rings is 1. The van der Waals surface area contributed by atoms with Crippen molar-refractivity contribution in [2.75, 3.05) is 32.1 Å². The number of carboxylic acids is 1. The van der Waals surface area contributed by atoms with Gasteiger partial charge in [-0.25, -0.2) is 9.18 Å². The molecule has 1 aromatic rings. The van der Waals surface area contributed by atoms with Crippen molar-refractivity contribution in [1.29, 1.82) is 0 Å². The van der Waals surface area contributed by atoms with E-state index in [1.165, 1.54) is 23.1 Å². The van der Waals surface area contributed by atoms with Crippen molar-refractivity contribution < 1.29 is 19.1 Å². The Hall–Kier alpha value is -2.37. The molecule has 5 nitrogen and oxygen atoms in total. The Morgan fingerprint density at radius 3 is 2.52 bits per heavy atom. The molecule has 6 heteroatoms. The molecule has 0 spiro atoms. The number of hydrogen-bond donors (Lipinski definition) is 1. The van der Waals surface area contributed by atoms with Crippen LogP contribution in [0.25, 0.3) is 6.08 Å². The van der Waals surface area contributed by atoms with E-state index in [4.69, 9.17) is 5.11 Å². The second-order valence-corrected chi connectivity index (χ2v) is 4.65. The summed E-state index contributed by atoms with van der Waals surface area (Å²) in [5.41, 5.74) is 0.651. The molecule has 0 radical (unpaired) electrons. The van der Waals surface area contributed by atoms with E-state index in [2.05, 4.69) is 0 Å². The van der Waals surface area contributed by atoms with Crippen LogP contribution in [0.3, 0.4) is 0 Å². The lowest BCUT2D eigenvalue weighted by Crippen LogP contribution is -2.37. The Labute approximate surface area is 123 Å². The molecule has 1 aromatic carbocycles. The van der Waals surface area contributed by atoms with E-state index in [1.54, 1.807) is 25.1 Å². The molecular formula is C15H19FN2O3. The molecule has 0 aliphatic rings. The van der Waals surface area contributed by atoms with Gasteiger partial charge < -0.3 is 14.9 Å². The molecular weight excluding hydrogens is 275 g/mol. The summed E-state index contributed by atoms with van der Waals surface area (Å²) >= 11 is 0. The molecule has 1 N–H and O–H groups in total. The summed E-state index contributed by atoms with van der Waals surface area (Å²) in [6, 6.07) is 4.45. The number of halogens is 1. The van der Waals surface area contributed by atoms with Crippen LogP contribution < -0.4 is 4.90 Å². The fraction of sp³-hybridized carbons (Fsp3) is 0.333. The van der Waals surface area contributed by atoms with E-state index >= 15 is 0 Å². The molecule has 0 aliphatic carbocycles. The van der Waals surface area contributed by atoms with Gasteiger partial charge in [-0.2, -0.15) is 0 Å². The molecule has 1 rings (SSSR count). The number of likely N-dealkylation sites (N-methyl/N-ethyl adjacent to an activating group) is 2. The highest BCUT2D eigenvalue weighted by atomic mass is 19.1. The van der Waals surface area contributed by atoms with E-state index in [0.717, 1.165) is 6.08 Å². The zero-order chi connectivity index (χ0) is 16.0. The van der Waals surface area contributed by atoms with Crippen LogP contribution in [0, 0.1) is 5.82 Å². The number of nitrogens with zero attached hydrogens (tertiary/aromatic N) is 2.